The van der Waals surface area contributed by atoms with Crippen molar-refractivity contribution in [3.63, 3.8) is 0 Å². The van der Waals surface area contributed by atoms with Crippen molar-refractivity contribution in [2.45, 2.75) is 4.90 Å². The van der Waals surface area contributed by atoms with E-state index in [1.807, 2.05) is 4.90 Å². The summed E-state index contributed by atoms with van der Waals surface area (Å²) in [5.41, 5.74) is 3.15. The van der Waals surface area contributed by atoms with Crippen LogP contribution >= 0.6 is 15.9 Å². The molecule has 0 aromatic heterocycles. The van der Waals surface area contributed by atoms with Crippen LogP contribution in [-0.2, 0) is 14.8 Å². The fourth-order valence-electron chi connectivity index (χ4n) is 3.48. The van der Waals surface area contributed by atoms with Crippen LogP contribution < -0.4 is 19.6 Å². The van der Waals surface area contributed by atoms with Gasteiger partial charge in [0.1, 0.15) is 0 Å². The zero-order valence-electron chi connectivity index (χ0n) is 19.2. The molecule has 0 unspecified atom stereocenters. The van der Waals surface area contributed by atoms with E-state index in [1.165, 1.54) is 31.8 Å². The van der Waals surface area contributed by atoms with Crippen LogP contribution in [0.4, 0.5) is 0 Å². The zero-order chi connectivity index (χ0) is 24.7. The topological polar surface area (TPSA) is 110 Å². The first-order valence-corrected chi connectivity index (χ1v) is 12.6. The van der Waals surface area contributed by atoms with Crippen LogP contribution in [0.1, 0.15) is 5.56 Å². The average molecular weight is 555 g/mol. The van der Waals surface area contributed by atoms with Crippen LogP contribution in [0.15, 0.2) is 50.9 Å². The molecule has 1 N–H and O–H groups in total. The molecule has 1 amide bonds. The Morgan fingerprint density at radius 2 is 1.62 bits per heavy atom. The lowest BCUT2D eigenvalue weighted by Gasteiger charge is -2.33. The number of halogens is 1. The quantitative estimate of drug-likeness (QED) is 0.372. The molecule has 0 aliphatic carbocycles. The summed E-state index contributed by atoms with van der Waals surface area (Å²) in [7, 11) is 0.994. The molecular weight excluding hydrogens is 528 g/mol. The van der Waals surface area contributed by atoms with Crippen LogP contribution in [0.3, 0.4) is 0 Å². The number of amides is 1. The van der Waals surface area contributed by atoms with Crippen LogP contribution in [0.5, 0.6) is 17.2 Å². The Bertz CT molecular complexity index is 1110. The number of hydrazone groups is 1. The Morgan fingerprint density at radius 3 is 2.15 bits per heavy atom. The molecule has 10 nitrogen and oxygen atoms in total. The van der Waals surface area contributed by atoms with Gasteiger partial charge >= 0.3 is 0 Å². The first-order chi connectivity index (χ1) is 16.3. The number of nitrogens with zero attached hydrogens (tertiary/aromatic N) is 3. The maximum Gasteiger partial charge on any atom is 0.254 e. The molecule has 0 saturated carbocycles. The molecule has 1 aliphatic heterocycles. The standard InChI is InChI=1S/C22H27BrN4O6S/c1-31-19-12-16(13-20(32-2)22(19)33-3)14-24-25-21(28)15-26-8-10-27(11-9-26)34(29,30)18-6-4-17(23)5-7-18/h4-7,12-14H,8-11,15H2,1-3H3,(H,25,28)/b24-14+. The van der Waals surface area contributed by atoms with Gasteiger partial charge in [0.05, 0.1) is 39.0 Å². The number of nitrogens with one attached hydrogen (secondary N) is 1. The van der Waals surface area contributed by atoms with Gasteiger partial charge in [-0.2, -0.15) is 9.41 Å². The van der Waals surface area contributed by atoms with Gasteiger partial charge in [-0.3, -0.25) is 9.69 Å². The molecule has 2 aromatic rings. The van der Waals surface area contributed by atoms with Gasteiger partial charge in [-0.15, -0.1) is 0 Å². The van der Waals surface area contributed by atoms with E-state index in [4.69, 9.17) is 14.2 Å². The lowest BCUT2D eigenvalue weighted by atomic mass is 10.2. The molecule has 2 aromatic carbocycles. The van der Waals surface area contributed by atoms with Gasteiger partial charge in [-0.05, 0) is 36.4 Å². The molecule has 12 heteroatoms. The second-order valence-electron chi connectivity index (χ2n) is 7.39. The normalized spacial score (nSPS) is 15.3. The number of carbonyl (C=O) groups excluding carboxylic acids is 1. The molecule has 184 valence electrons. The smallest absolute Gasteiger partial charge is 0.254 e. The van der Waals surface area contributed by atoms with Crippen LogP contribution in [0.2, 0.25) is 0 Å². The third kappa shape index (κ3) is 6.26. The highest BCUT2D eigenvalue weighted by molar-refractivity contribution is 9.10. The molecular formula is C22H27BrN4O6S. The third-order valence-corrected chi connectivity index (χ3v) is 7.68. The summed E-state index contributed by atoms with van der Waals surface area (Å²) >= 11 is 3.31. The number of hydrogen-bond acceptors (Lipinski definition) is 8. The monoisotopic (exact) mass is 554 g/mol. The number of piperazine rings is 1. The van der Waals surface area contributed by atoms with Crippen molar-refractivity contribution in [2.24, 2.45) is 5.10 Å². The van der Waals surface area contributed by atoms with E-state index in [1.54, 1.807) is 36.4 Å². The van der Waals surface area contributed by atoms with Crippen LogP contribution in [-0.4, -0.2) is 83.8 Å². The summed E-state index contributed by atoms with van der Waals surface area (Å²) in [6.07, 6.45) is 1.48. The highest BCUT2D eigenvalue weighted by Crippen LogP contribution is 2.37. The minimum Gasteiger partial charge on any atom is -0.493 e. The lowest BCUT2D eigenvalue weighted by molar-refractivity contribution is -0.122. The Hall–Kier alpha value is -2.67. The average Bonchev–Trinajstić information content (AvgIpc) is 2.84. The summed E-state index contributed by atoms with van der Waals surface area (Å²) in [6, 6.07) is 9.97. The van der Waals surface area contributed by atoms with Gasteiger partial charge in [0.15, 0.2) is 11.5 Å². The van der Waals surface area contributed by atoms with E-state index in [-0.39, 0.29) is 17.3 Å². The minimum atomic E-state index is -3.56. The summed E-state index contributed by atoms with van der Waals surface area (Å²) in [5.74, 6) is 1.12. The summed E-state index contributed by atoms with van der Waals surface area (Å²) < 4.78 is 43.8. The van der Waals surface area contributed by atoms with Crippen molar-refractivity contribution in [3.05, 3.63) is 46.4 Å². The predicted octanol–water partition coefficient (Wildman–Crippen LogP) is 1.93. The molecule has 3 rings (SSSR count). The van der Waals surface area contributed by atoms with Gasteiger partial charge in [-0.25, -0.2) is 13.8 Å². The number of ether oxygens (including phenoxy) is 3. The molecule has 1 saturated heterocycles. The number of sulfonamides is 1. The van der Waals surface area contributed by atoms with Crippen molar-refractivity contribution in [1.29, 1.82) is 0 Å². The molecule has 0 atom stereocenters. The molecule has 1 fully saturated rings. The molecule has 0 bridgehead atoms. The van der Waals surface area contributed by atoms with Gasteiger partial charge in [0.25, 0.3) is 5.91 Å². The second kappa shape index (κ2) is 11.6. The summed E-state index contributed by atoms with van der Waals surface area (Å²) in [6.45, 7) is 1.61. The first kappa shape index (κ1) is 25.9. The van der Waals surface area contributed by atoms with E-state index in [9.17, 15) is 13.2 Å². The molecule has 0 radical (unpaired) electrons. The fourth-order valence-corrected chi connectivity index (χ4v) is 5.16. The minimum absolute atomic E-state index is 0.110. The summed E-state index contributed by atoms with van der Waals surface area (Å²) in [4.78, 5) is 14.4. The third-order valence-electron chi connectivity index (χ3n) is 5.24. The van der Waals surface area contributed by atoms with Crippen molar-refractivity contribution in [1.82, 2.24) is 14.6 Å². The van der Waals surface area contributed by atoms with Gasteiger partial charge < -0.3 is 14.2 Å². The maximum atomic E-state index is 12.8. The number of rotatable bonds is 9. The number of methoxy groups -OCH3 is 3. The van der Waals surface area contributed by atoms with E-state index >= 15 is 0 Å². The van der Waals surface area contributed by atoms with E-state index in [0.717, 1.165) is 4.47 Å². The van der Waals surface area contributed by atoms with Crippen molar-refractivity contribution in [2.75, 3.05) is 54.1 Å². The molecule has 34 heavy (non-hydrogen) atoms. The highest BCUT2D eigenvalue weighted by atomic mass is 79.9. The zero-order valence-corrected chi connectivity index (χ0v) is 21.6. The Balaban J connectivity index is 1.52. The van der Waals surface area contributed by atoms with Crippen molar-refractivity contribution in [3.8, 4) is 17.2 Å². The maximum absolute atomic E-state index is 12.8. The van der Waals surface area contributed by atoms with Crippen molar-refractivity contribution < 1.29 is 27.4 Å². The number of carbonyl (C=O) groups is 1. The Morgan fingerprint density at radius 1 is 1.03 bits per heavy atom. The fraction of sp³-hybridized carbons (Fsp3) is 0.364. The van der Waals surface area contributed by atoms with E-state index < -0.39 is 10.0 Å². The summed E-state index contributed by atoms with van der Waals surface area (Å²) in [5, 5.41) is 4.00. The van der Waals surface area contributed by atoms with Gasteiger partial charge in [0.2, 0.25) is 15.8 Å². The SMILES string of the molecule is COc1cc(/C=N/NC(=O)CN2CCN(S(=O)(=O)c3ccc(Br)cc3)CC2)cc(OC)c1OC. The van der Waals surface area contributed by atoms with Gasteiger partial charge in [0, 0.05) is 36.2 Å². The Kier molecular flexibility index (Phi) is 8.89. The molecule has 1 heterocycles. The predicted molar refractivity (Wildman–Crippen MR) is 131 cm³/mol. The van der Waals surface area contributed by atoms with Gasteiger partial charge in [-0.1, -0.05) is 15.9 Å². The molecule has 1 aliphatic rings. The Labute approximate surface area is 207 Å². The van der Waals surface area contributed by atoms with E-state index in [0.29, 0.717) is 49.0 Å². The van der Waals surface area contributed by atoms with Crippen LogP contribution in [0, 0.1) is 0 Å². The highest BCUT2D eigenvalue weighted by Gasteiger charge is 2.29. The van der Waals surface area contributed by atoms with Crippen molar-refractivity contribution >= 4 is 38.1 Å². The largest absolute Gasteiger partial charge is 0.493 e. The van der Waals surface area contributed by atoms with Crippen LogP contribution in [0.25, 0.3) is 0 Å². The first-order valence-electron chi connectivity index (χ1n) is 10.4. The lowest BCUT2D eigenvalue weighted by Crippen LogP contribution is -2.50. The van der Waals surface area contributed by atoms with E-state index in [2.05, 4.69) is 26.5 Å². The number of hydrogen-bond donors (Lipinski definition) is 1. The molecule has 0 spiro atoms. The number of benzene rings is 2. The second-order valence-corrected chi connectivity index (χ2v) is 10.2.